The Hall–Kier alpha value is -3.67. The van der Waals surface area contributed by atoms with Crippen LogP contribution in [0.4, 0.5) is 5.82 Å². The number of para-hydroxylation sites is 1. The summed E-state index contributed by atoms with van der Waals surface area (Å²) < 4.78 is 7.15. The molecule has 6 heteroatoms. The molecular weight excluding hydrogens is 376 g/mol. The minimum Gasteiger partial charge on any atom is -0.494 e. The van der Waals surface area contributed by atoms with Crippen molar-refractivity contribution in [3.8, 4) is 11.6 Å². The van der Waals surface area contributed by atoms with E-state index < -0.39 is 0 Å². The van der Waals surface area contributed by atoms with Crippen LogP contribution in [0.3, 0.4) is 0 Å². The molecule has 0 atom stereocenters. The highest BCUT2D eigenvalue weighted by Gasteiger charge is 2.16. The van der Waals surface area contributed by atoms with Crippen LogP contribution in [-0.2, 0) is 0 Å². The Balaban J connectivity index is 1.76. The molecule has 0 aliphatic heterocycles. The Kier molecular flexibility index (Phi) is 4.99. The van der Waals surface area contributed by atoms with E-state index >= 15 is 0 Å². The monoisotopic (exact) mass is 400 g/mol. The van der Waals surface area contributed by atoms with Crippen LogP contribution < -0.4 is 10.1 Å². The lowest BCUT2D eigenvalue weighted by Crippen LogP contribution is -2.16. The maximum absolute atomic E-state index is 12.9. The summed E-state index contributed by atoms with van der Waals surface area (Å²) in [5.41, 5.74) is 5.42. The van der Waals surface area contributed by atoms with E-state index in [1.807, 2.05) is 76.2 Å². The van der Waals surface area contributed by atoms with Crippen LogP contribution in [-0.4, -0.2) is 27.8 Å². The lowest BCUT2D eigenvalue weighted by molar-refractivity contribution is 0.102. The number of hydrogen-bond acceptors (Lipinski definition) is 4. The number of methoxy groups -OCH3 is 1. The molecule has 1 N–H and O–H groups in total. The van der Waals surface area contributed by atoms with Crippen molar-refractivity contribution in [2.24, 2.45) is 0 Å². The van der Waals surface area contributed by atoms with Crippen molar-refractivity contribution in [2.75, 3.05) is 12.4 Å². The Morgan fingerprint density at radius 1 is 0.967 bits per heavy atom. The molecule has 0 aliphatic rings. The average molecular weight is 400 g/mol. The SMILES string of the molecule is COc1cccc2c(C)cc(-n3nc(C)cc3NC(=O)c3ccc(C)c(C)c3)nc12. The van der Waals surface area contributed by atoms with Gasteiger partial charge in [0.15, 0.2) is 5.82 Å². The summed E-state index contributed by atoms with van der Waals surface area (Å²) in [7, 11) is 1.63. The maximum Gasteiger partial charge on any atom is 0.256 e. The number of aryl methyl sites for hydroxylation is 4. The van der Waals surface area contributed by atoms with Crippen LogP contribution in [0.5, 0.6) is 5.75 Å². The summed E-state index contributed by atoms with van der Waals surface area (Å²) in [6.07, 6.45) is 0. The number of pyridine rings is 1. The van der Waals surface area contributed by atoms with Gasteiger partial charge in [-0.05, 0) is 68.7 Å². The highest BCUT2D eigenvalue weighted by atomic mass is 16.5. The number of benzene rings is 2. The quantitative estimate of drug-likeness (QED) is 0.528. The summed E-state index contributed by atoms with van der Waals surface area (Å²) >= 11 is 0. The molecule has 0 unspecified atom stereocenters. The van der Waals surface area contributed by atoms with Crippen LogP contribution in [0.1, 0.15) is 32.7 Å². The zero-order chi connectivity index (χ0) is 21.4. The maximum atomic E-state index is 12.9. The second-order valence-corrected chi connectivity index (χ2v) is 7.49. The molecule has 152 valence electrons. The number of aromatic nitrogens is 3. The fourth-order valence-electron chi connectivity index (χ4n) is 3.48. The smallest absolute Gasteiger partial charge is 0.256 e. The average Bonchev–Trinajstić information content (AvgIpc) is 3.09. The third-order valence-corrected chi connectivity index (χ3v) is 5.27. The minimum atomic E-state index is -0.186. The van der Waals surface area contributed by atoms with Gasteiger partial charge in [-0.2, -0.15) is 9.78 Å². The van der Waals surface area contributed by atoms with Crippen LogP contribution in [0.25, 0.3) is 16.7 Å². The standard InChI is InChI=1S/C24H24N4O2/c1-14-9-10-18(11-15(14)2)24(29)26-22-13-17(4)27-28(22)21-12-16(3)19-7-6-8-20(30-5)23(19)25-21/h6-13H,1-5H3,(H,26,29). The second kappa shape index (κ2) is 7.63. The zero-order valence-electron chi connectivity index (χ0n) is 17.8. The number of nitrogens with one attached hydrogen (secondary N) is 1. The van der Waals surface area contributed by atoms with Gasteiger partial charge in [-0.3, -0.25) is 4.79 Å². The Morgan fingerprint density at radius 2 is 1.77 bits per heavy atom. The van der Waals surface area contributed by atoms with Gasteiger partial charge in [0.1, 0.15) is 17.1 Å². The predicted octanol–water partition coefficient (Wildman–Crippen LogP) is 4.92. The molecule has 0 spiro atoms. The van der Waals surface area contributed by atoms with Crippen molar-refractivity contribution in [1.29, 1.82) is 0 Å². The van der Waals surface area contributed by atoms with Crippen molar-refractivity contribution in [2.45, 2.75) is 27.7 Å². The fourth-order valence-corrected chi connectivity index (χ4v) is 3.48. The van der Waals surface area contributed by atoms with E-state index in [4.69, 9.17) is 9.72 Å². The van der Waals surface area contributed by atoms with Crippen molar-refractivity contribution in [1.82, 2.24) is 14.8 Å². The number of fused-ring (bicyclic) bond motifs is 1. The molecule has 2 aromatic carbocycles. The summed E-state index contributed by atoms with van der Waals surface area (Å²) in [6, 6.07) is 15.3. The van der Waals surface area contributed by atoms with Gasteiger partial charge in [-0.15, -0.1) is 0 Å². The van der Waals surface area contributed by atoms with Crippen molar-refractivity contribution in [3.63, 3.8) is 0 Å². The molecule has 6 nitrogen and oxygen atoms in total. The summed E-state index contributed by atoms with van der Waals surface area (Å²) in [6.45, 7) is 7.93. The number of anilines is 1. The highest BCUT2D eigenvalue weighted by molar-refractivity contribution is 6.04. The second-order valence-electron chi connectivity index (χ2n) is 7.49. The highest BCUT2D eigenvalue weighted by Crippen LogP contribution is 2.28. The molecule has 4 aromatic rings. The van der Waals surface area contributed by atoms with E-state index in [1.54, 1.807) is 11.8 Å². The van der Waals surface area contributed by atoms with Crippen LogP contribution in [0.15, 0.2) is 48.5 Å². The Morgan fingerprint density at radius 3 is 2.50 bits per heavy atom. The molecule has 30 heavy (non-hydrogen) atoms. The first-order chi connectivity index (χ1) is 14.4. The van der Waals surface area contributed by atoms with Crippen LogP contribution in [0.2, 0.25) is 0 Å². The number of nitrogens with zero attached hydrogens (tertiary/aromatic N) is 3. The van der Waals surface area contributed by atoms with Crippen LogP contribution >= 0.6 is 0 Å². The van der Waals surface area contributed by atoms with E-state index in [-0.39, 0.29) is 5.91 Å². The third kappa shape index (κ3) is 3.52. The van der Waals surface area contributed by atoms with Gasteiger partial charge in [0, 0.05) is 17.0 Å². The first-order valence-corrected chi connectivity index (χ1v) is 9.77. The molecule has 0 radical (unpaired) electrons. The lowest BCUT2D eigenvalue weighted by atomic mass is 10.1. The number of ether oxygens (including phenoxy) is 1. The number of carbonyl (C=O) groups excluding carboxylic acids is 1. The number of hydrogen-bond donors (Lipinski definition) is 1. The van der Waals surface area contributed by atoms with Gasteiger partial charge in [0.25, 0.3) is 5.91 Å². The fraction of sp³-hybridized carbons (Fsp3) is 0.208. The summed E-state index contributed by atoms with van der Waals surface area (Å²) in [5, 5.41) is 8.56. The Labute approximate surface area is 175 Å². The molecular formula is C24H24N4O2. The molecule has 0 fully saturated rings. The van der Waals surface area contributed by atoms with E-state index in [2.05, 4.69) is 10.4 Å². The molecule has 0 aliphatic carbocycles. The number of amides is 1. The van der Waals surface area contributed by atoms with Crippen molar-refractivity contribution < 1.29 is 9.53 Å². The minimum absolute atomic E-state index is 0.186. The normalized spacial score (nSPS) is 11.0. The number of rotatable bonds is 4. The topological polar surface area (TPSA) is 69.0 Å². The Bertz CT molecular complexity index is 1270. The third-order valence-electron chi connectivity index (χ3n) is 5.27. The van der Waals surface area contributed by atoms with E-state index in [1.165, 1.54) is 0 Å². The van der Waals surface area contributed by atoms with E-state index in [9.17, 15) is 4.79 Å². The van der Waals surface area contributed by atoms with Gasteiger partial charge in [0.05, 0.1) is 12.8 Å². The van der Waals surface area contributed by atoms with Crippen molar-refractivity contribution >= 4 is 22.6 Å². The van der Waals surface area contributed by atoms with E-state index in [0.717, 1.165) is 33.3 Å². The lowest BCUT2D eigenvalue weighted by Gasteiger charge is -2.12. The number of carbonyl (C=O) groups is 1. The first-order valence-electron chi connectivity index (χ1n) is 9.77. The first kappa shape index (κ1) is 19.6. The van der Waals surface area contributed by atoms with E-state index in [0.29, 0.717) is 22.9 Å². The van der Waals surface area contributed by atoms with Gasteiger partial charge in [-0.1, -0.05) is 18.2 Å². The molecule has 0 bridgehead atoms. The predicted molar refractivity (Wildman–Crippen MR) is 119 cm³/mol. The summed E-state index contributed by atoms with van der Waals surface area (Å²) in [5.74, 6) is 1.70. The zero-order valence-corrected chi connectivity index (χ0v) is 17.8. The van der Waals surface area contributed by atoms with Crippen molar-refractivity contribution in [3.05, 3.63) is 76.5 Å². The molecule has 0 saturated carbocycles. The molecule has 2 heterocycles. The molecule has 4 rings (SSSR count). The van der Waals surface area contributed by atoms with Gasteiger partial charge in [-0.25, -0.2) is 4.98 Å². The largest absolute Gasteiger partial charge is 0.494 e. The molecule has 2 aromatic heterocycles. The van der Waals surface area contributed by atoms with Gasteiger partial charge < -0.3 is 10.1 Å². The molecule has 1 amide bonds. The van der Waals surface area contributed by atoms with Gasteiger partial charge in [0.2, 0.25) is 0 Å². The summed E-state index contributed by atoms with van der Waals surface area (Å²) in [4.78, 5) is 17.6. The van der Waals surface area contributed by atoms with Crippen LogP contribution in [0, 0.1) is 27.7 Å². The molecule has 0 saturated heterocycles. The van der Waals surface area contributed by atoms with Gasteiger partial charge >= 0.3 is 0 Å².